The number of carbonyl (C=O) groups is 1. The van der Waals surface area contributed by atoms with E-state index in [1.54, 1.807) is 12.5 Å². The van der Waals surface area contributed by atoms with Crippen molar-refractivity contribution in [3.8, 4) is 0 Å². The molecule has 84 valence electrons. The molecule has 1 aromatic heterocycles. The summed E-state index contributed by atoms with van der Waals surface area (Å²) in [6.45, 7) is 4.77. The quantitative estimate of drug-likeness (QED) is 0.781. The van der Waals surface area contributed by atoms with Gasteiger partial charge < -0.3 is 9.52 Å². The largest absolute Gasteiger partial charge is 0.480 e. The maximum Gasteiger partial charge on any atom is 0.317 e. The van der Waals surface area contributed by atoms with E-state index in [2.05, 4.69) is 6.92 Å². The van der Waals surface area contributed by atoms with Gasteiger partial charge in [-0.1, -0.05) is 6.92 Å². The Bertz CT molecular complexity index is 295. The Balaban J connectivity index is 2.60. The van der Waals surface area contributed by atoms with Crippen LogP contribution in [-0.2, 0) is 11.3 Å². The summed E-state index contributed by atoms with van der Waals surface area (Å²) in [6.07, 6.45) is 4.19. The molecule has 0 saturated heterocycles. The molecule has 1 rings (SSSR count). The second-order valence-electron chi connectivity index (χ2n) is 3.69. The van der Waals surface area contributed by atoms with Crippen molar-refractivity contribution in [1.29, 1.82) is 0 Å². The van der Waals surface area contributed by atoms with Crippen LogP contribution in [-0.4, -0.2) is 28.6 Å². The molecule has 0 aliphatic heterocycles. The molecule has 1 atom stereocenters. The van der Waals surface area contributed by atoms with Gasteiger partial charge in [-0.3, -0.25) is 9.69 Å². The molecular formula is C11H17NO3. The molecule has 0 aliphatic carbocycles. The molecule has 4 nitrogen and oxygen atoms in total. The maximum absolute atomic E-state index is 10.7. The average Bonchev–Trinajstić information content (AvgIpc) is 2.67. The predicted octanol–water partition coefficient (Wildman–Crippen LogP) is 1.96. The summed E-state index contributed by atoms with van der Waals surface area (Å²) >= 11 is 0. The van der Waals surface area contributed by atoms with Crippen molar-refractivity contribution in [3.63, 3.8) is 0 Å². The van der Waals surface area contributed by atoms with Gasteiger partial charge in [-0.15, -0.1) is 0 Å². The number of aliphatic carboxylic acids is 1. The normalized spacial score (nSPS) is 13.0. The van der Waals surface area contributed by atoms with Crippen molar-refractivity contribution in [3.05, 3.63) is 24.2 Å². The molecule has 0 aromatic carbocycles. The lowest BCUT2D eigenvalue weighted by Gasteiger charge is -2.25. The Hall–Kier alpha value is -1.29. The van der Waals surface area contributed by atoms with Crippen molar-refractivity contribution >= 4 is 5.97 Å². The van der Waals surface area contributed by atoms with Gasteiger partial charge in [0.25, 0.3) is 0 Å². The SMILES string of the molecule is CCC(C)N(CC(=O)O)Cc1ccoc1. The summed E-state index contributed by atoms with van der Waals surface area (Å²) in [7, 11) is 0. The lowest BCUT2D eigenvalue weighted by atomic mass is 10.2. The Morgan fingerprint density at radius 2 is 2.40 bits per heavy atom. The third kappa shape index (κ3) is 3.75. The molecule has 0 aliphatic rings. The zero-order chi connectivity index (χ0) is 11.3. The van der Waals surface area contributed by atoms with E-state index in [-0.39, 0.29) is 12.6 Å². The van der Waals surface area contributed by atoms with Crippen LogP contribution in [0.15, 0.2) is 23.0 Å². The monoisotopic (exact) mass is 211 g/mol. The lowest BCUT2D eigenvalue weighted by Crippen LogP contribution is -2.36. The van der Waals surface area contributed by atoms with Crippen LogP contribution in [0.5, 0.6) is 0 Å². The zero-order valence-electron chi connectivity index (χ0n) is 9.14. The van der Waals surface area contributed by atoms with Crippen molar-refractivity contribution in [1.82, 2.24) is 4.90 Å². The van der Waals surface area contributed by atoms with Crippen molar-refractivity contribution in [2.45, 2.75) is 32.9 Å². The average molecular weight is 211 g/mol. The topological polar surface area (TPSA) is 53.7 Å². The number of carboxylic acid groups (broad SMARTS) is 1. The molecule has 1 N–H and O–H groups in total. The molecular weight excluding hydrogens is 194 g/mol. The molecule has 0 amide bonds. The van der Waals surface area contributed by atoms with Crippen molar-refractivity contribution < 1.29 is 14.3 Å². The Morgan fingerprint density at radius 3 is 2.87 bits per heavy atom. The van der Waals surface area contributed by atoms with Crippen LogP contribution in [0.1, 0.15) is 25.8 Å². The molecule has 0 saturated carbocycles. The van der Waals surface area contributed by atoms with Crippen LogP contribution >= 0.6 is 0 Å². The van der Waals surface area contributed by atoms with E-state index >= 15 is 0 Å². The fourth-order valence-corrected chi connectivity index (χ4v) is 1.42. The fraction of sp³-hybridized carbons (Fsp3) is 0.545. The molecule has 1 heterocycles. The van der Waals surface area contributed by atoms with E-state index in [4.69, 9.17) is 9.52 Å². The van der Waals surface area contributed by atoms with Gasteiger partial charge in [-0.05, 0) is 19.4 Å². The van der Waals surface area contributed by atoms with Crippen molar-refractivity contribution in [2.75, 3.05) is 6.54 Å². The third-order valence-corrected chi connectivity index (χ3v) is 2.52. The van der Waals surface area contributed by atoms with Gasteiger partial charge >= 0.3 is 5.97 Å². The fourth-order valence-electron chi connectivity index (χ4n) is 1.42. The van der Waals surface area contributed by atoms with Crippen LogP contribution in [0, 0.1) is 0 Å². The first kappa shape index (κ1) is 11.8. The molecule has 0 fully saturated rings. The van der Waals surface area contributed by atoms with Gasteiger partial charge in [0.05, 0.1) is 19.1 Å². The van der Waals surface area contributed by atoms with Crippen LogP contribution in [0.2, 0.25) is 0 Å². The first-order valence-electron chi connectivity index (χ1n) is 5.10. The molecule has 0 bridgehead atoms. The van der Waals surface area contributed by atoms with Gasteiger partial charge in [0.2, 0.25) is 0 Å². The van der Waals surface area contributed by atoms with E-state index in [0.717, 1.165) is 12.0 Å². The number of carboxylic acids is 1. The number of rotatable bonds is 6. The van der Waals surface area contributed by atoms with E-state index in [1.165, 1.54) is 0 Å². The zero-order valence-corrected chi connectivity index (χ0v) is 9.14. The van der Waals surface area contributed by atoms with E-state index in [0.29, 0.717) is 6.54 Å². The van der Waals surface area contributed by atoms with Crippen LogP contribution in [0.4, 0.5) is 0 Å². The molecule has 4 heteroatoms. The minimum absolute atomic E-state index is 0.0696. The first-order valence-corrected chi connectivity index (χ1v) is 5.10. The molecule has 15 heavy (non-hydrogen) atoms. The Kier molecular flexibility index (Phi) is 4.37. The van der Waals surface area contributed by atoms with Crippen molar-refractivity contribution in [2.24, 2.45) is 0 Å². The van der Waals surface area contributed by atoms with Gasteiger partial charge in [-0.2, -0.15) is 0 Å². The standard InChI is InChI=1S/C11H17NO3/c1-3-9(2)12(7-11(13)14)6-10-4-5-15-8-10/h4-5,8-9H,3,6-7H2,1-2H3,(H,13,14). The highest BCUT2D eigenvalue weighted by molar-refractivity contribution is 5.69. The summed E-state index contributed by atoms with van der Waals surface area (Å²) in [6, 6.07) is 2.12. The minimum atomic E-state index is -0.793. The highest BCUT2D eigenvalue weighted by Crippen LogP contribution is 2.10. The first-order chi connectivity index (χ1) is 7.13. The summed E-state index contributed by atoms with van der Waals surface area (Å²) in [5.41, 5.74) is 1.01. The van der Waals surface area contributed by atoms with Crippen LogP contribution < -0.4 is 0 Å². The second-order valence-corrected chi connectivity index (χ2v) is 3.69. The summed E-state index contributed by atoms with van der Waals surface area (Å²) in [5.74, 6) is -0.793. The summed E-state index contributed by atoms with van der Waals surface area (Å²) in [4.78, 5) is 12.6. The van der Waals surface area contributed by atoms with Crippen LogP contribution in [0.3, 0.4) is 0 Å². The van der Waals surface area contributed by atoms with E-state index in [9.17, 15) is 4.79 Å². The molecule has 0 spiro atoms. The van der Waals surface area contributed by atoms with Crippen LogP contribution in [0.25, 0.3) is 0 Å². The second kappa shape index (κ2) is 5.56. The lowest BCUT2D eigenvalue weighted by molar-refractivity contribution is -0.139. The maximum atomic E-state index is 10.7. The Labute approximate surface area is 89.5 Å². The van der Waals surface area contributed by atoms with Gasteiger partial charge in [0, 0.05) is 18.2 Å². The third-order valence-electron chi connectivity index (χ3n) is 2.52. The number of furan rings is 1. The highest BCUT2D eigenvalue weighted by atomic mass is 16.4. The number of nitrogens with zero attached hydrogens (tertiary/aromatic N) is 1. The van der Waals surface area contributed by atoms with Gasteiger partial charge in [0.1, 0.15) is 0 Å². The van der Waals surface area contributed by atoms with E-state index < -0.39 is 5.97 Å². The predicted molar refractivity (Wildman–Crippen MR) is 56.5 cm³/mol. The minimum Gasteiger partial charge on any atom is -0.480 e. The van der Waals surface area contributed by atoms with Gasteiger partial charge in [-0.25, -0.2) is 0 Å². The summed E-state index contributed by atoms with van der Waals surface area (Å²) in [5, 5.41) is 8.79. The summed E-state index contributed by atoms with van der Waals surface area (Å²) < 4.78 is 4.96. The van der Waals surface area contributed by atoms with E-state index in [1.807, 2.05) is 17.9 Å². The molecule has 1 unspecified atom stereocenters. The Morgan fingerprint density at radius 1 is 1.67 bits per heavy atom. The molecule has 1 aromatic rings. The smallest absolute Gasteiger partial charge is 0.317 e. The highest BCUT2D eigenvalue weighted by Gasteiger charge is 2.16. The molecule has 0 radical (unpaired) electrons. The number of hydrogen-bond acceptors (Lipinski definition) is 3. The van der Waals surface area contributed by atoms with Gasteiger partial charge in [0.15, 0.2) is 0 Å². The number of hydrogen-bond donors (Lipinski definition) is 1.